The number of fused-ring (bicyclic) bond motifs is 4. The second-order valence-electron chi connectivity index (χ2n) is 9.83. The SMILES string of the molecule is c1ccc(-c2ccc(-c3cc(-c4cccc5c4oc4ccccc45)nc(-c4cc5ccccc5s4)n3)cc2)cc1. The van der Waals surface area contributed by atoms with E-state index in [9.17, 15) is 0 Å². The van der Waals surface area contributed by atoms with E-state index in [-0.39, 0.29) is 0 Å². The molecule has 0 amide bonds. The van der Waals surface area contributed by atoms with Crippen LogP contribution in [0.3, 0.4) is 0 Å². The van der Waals surface area contributed by atoms with E-state index in [1.165, 1.54) is 21.2 Å². The van der Waals surface area contributed by atoms with Gasteiger partial charge in [0.15, 0.2) is 5.82 Å². The summed E-state index contributed by atoms with van der Waals surface area (Å²) in [4.78, 5) is 11.3. The third-order valence-corrected chi connectivity index (χ3v) is 8.45. The normalized spacial score (nSPS) is 11.5. The van der Waals surface area contributed by atoms with Gasteiger partial charge in [0.25, 0.3) is 0 Å². The molecule has 0 bridgehead atoms. The van der Waals surface area contributed by atoms with E-state index in [0.717, 1.165) is 49.3 Å². The Balaban J connectivity index is 1.33. The summed E-state index contributed by atoms with van der Waals surface area (Å²) < 4.78 is 7.61. The highest BCUT2D eigenvalue weighted by atomic mass is 32.1. The molecule has 0 radical (unpaired) electrons. The molecule has 8 aromatic rings. The van der Waals surface area contributed by atoms with Gasteiger partial charge in [-0.1, -0.05) is 103 Å². The first-order valence-electron chi connectivity index (χ1n) is 13.2. The second-order valence-corrected chi connectivity index (χ2v) is 10.9. The Morgan fingerprint density at radius 2 is 1.23 bits per heavy atom. The van der Waals surface area contributed by atoms with Crippen LogP contribution >= 0.6 is 11.3 Å². The van der Waals surface area contributed by atoms with Crippen LogP contribution in [0.15, 0.2) is 138 Å². The molecule has 4 heteroatoms. The molecule has 8 rings (SSSR count). The van der Waals surface area contributed by atoms with Gasteiger partial charge in [-0.15, -0.1) is 11.3 Å². The van der Waals surface area contributed by atoms with Gasteiger partial charge in [-0.2, -0.15) is 0 Å². The molecule has 40 heavy (non-hydrogen) atoms. The Bertz CT molecular complexity index is 2120. The number of nitrogens with zero attached hydrogens (tertiary/aromatic N) is 2. The highest BCUT2D eigenvalue weighted by molar-refractivity contribution is 7.22. The van der Waals surface area contributed by atoms with Crippen molar-refractivity contribution in [3.63, 3.8) is 0 Å². The first kappa shape index (κ1) is 22.9. The largest absolute Gasteiger partial charge is 0.455 e. The van der Waals surface area contributed by atoms with Gasteiger partial charge in [0.05, 0.1) is 16.3 Å². The lowest BCUT2D eigenvalue weighted by molar-refractivity contribution is 0.670. The molecule has 0 saturated carbocycles. The smallest absolute Gasteiger partial charge is 0.170 e. The average molecular weight is 531 g/mol. The topological polar surface area (TPSA) is 38.9 Å². The van der Waals surface area contributed by atoms with Crippen molar-refractivity contribution in [2.24, 2.45) is 0 Å². The van der Waals surface area contributed by atoms with Gasteiger partial charge >= 0.3 is 0 Å². The van der Waals surface area contributed by atoms with Crippen LogP contribution in [0.1, 0.15) is 0 Å². The molecule has 3 aromatic heterocycles. The molecule has 0 spiro atoms. The molecule has 0 unspecified atom stereocenters. The molecule has 0 fully saturated rings. The summed E-state index contributed by atoms with van der Waals surface area (Å²) in [6.07, 6.45) is 0. The summed E-state index contributed by atoms with van der Waals surface area (Å²) in [6, 6.07) is 46.2. The van der Waals surface area contributed by atoms with Crippen molar-refractivity contribution in [1.82, 2.24) is 9.97 Å². The van der Waals surface area contributed by atoms with E-state index in [1.807, 2.05) is 24.3 Å². The van der Waals surface area contributed by atoms with Crippen LogP contribution in [0.25, 0.3) is 76.4 Å². The zero-order chi connectivity index (χ0) is 26.5. The van der Waals surface area contributed by atoms with E-state index in [1.54, 1.807) is 11.3 Å². The highest BCUT2D eigenvalue weighted by Crippen LogP contribution is 2.38. The van der Waals surface area contributed by atoms with Crippen molar-refractivity contribution in [2.75, 3.05) is 0 Å². The molecule has 0 saturated heterocycles. The Hall–Kier alpha value is -5.06. The highest BCUT2D eigenvalue weighted by Gasteiger charge is 2.17. The van der Waals surface area contributed by atoms with E-state index in [4.69, 9.17) is 14.4 Å². The minimum absolute atomic E-state index is 0.717. The molecule has 5 aromatic carbocycles. The van der Waals surface area contributed by atoms with Crippen LogP contribution < -0.4 is 0 Å². The number of para-hydroxylation sites is 2. The molecule has 0 atom stereocenters. The standard InChI is InChI=1S/C36H22N2OS/c1-2-9-23(10-3-1)24-17-19-25(20-18-24)30-22-31(38-36(37-30)34-21-26-11-4-7-16-33(26)40-34)29-14-8-13-28-27-12-5-6-15-32(27)39-35(28)29/h1-22H. The molecule has 0 aliphatic heterocycles. The van der Waals surface area contributed by atoms with E-state index < -0.39 is 0 Å². The zero-order valence-corrected chi connectivity index (χ0v) is 22.2. The van der Waals surface area contributed by atoms with Gasteiger partial charge in [-0.05, 0) is 46.8 Å². The maximum Gasteiger partial charge on any atom is 0.170 e. The molecule has 3 nitrogen and oxygen atoms in total. The first-order chi connectivity index (χ1) is 19.8. The van der Waals surface area contributed by atoms with Gasteiger partial charge in [-0.25, -0.2) is 9.97 Å². The predicted molar refractivity (Wildman–Crippen MR) is 166 cm³/mol. The van der Waals surface area contributed by atoms with E-state index in [0.29, 0.717) is 5.82 Å². The van der Waals surface area contributed by atoms with E-state index >= 15 is 0 Å². The van der Waals surface area contributed by atoms with Gasteiger partial charge in [0.2, 0.25) is 0 Å². The van der Waals surface area contributed by atoms with Gasteiger partial charge in [0.1, 0.15) is 11.2 Å². The molecular weight excluding hydrogens is 508 g/mol. The van der Waals surface area contributed by atoms with E-state index in [2.05, 4.69) is 109 Å². The Kier molecular flexibility index (Phi) is 5.32. The Labute approximate surface area is 235 Å². The molecule has 0 aliphatic carbocycles. The molecular formula is C36H22N2OS. The minimum atomic E-state index is 0.717. The monoisotopic (exact) mass is 530 g/mol. The number of benzene rings is 5. The van der Waals surface area contributed by atoms with Gasteiger partial charge < -0.3 is 4.42 Å². The quantitative estimate of drug-likeness (QED) is 0.227. The maximum absolute atomic E-state index is 6.38. The van der Waals surface area contributed by atoms with Crippen molar-refractivity contribution >= 4 is 43.4 Å². The lowest BCUT2D eigenvalue weighted by Crippen LogP contribution is -1.95. The first-order valence-corrected chi connectivity index (χ1v) is 14.1. The van der Waals surface area contributed by atoms with Crippen molar-refractivity contribution in [1.29, 1.82) is 0 Å². The van der Waals surface area contributed by atoms with Crippen LogP contribution in [-0.4, -0.2) is 9.97 Å². The average Bonchev–Trinajstić information content (AvgIpc) is 3.63. The van der Waals surface area contributed by atoms with Crippen LogP contribution in [0.4, 0.5) is 0 Å². The zero-order valence-electron chi connectivity index (χ0n) is 21.4. The van der Waals surface area contributed by atoms with Crippen LogP contribution in [-0.2, 0) is 0 Å². The van der Waals surface area contributed by atoms with Crippen molar-refractivity contribution in [2.45, 2.75) is 0 Å². The molecule has 0 N–H and O–H groups in total. The number of rotatable bonds is 4. The third kappa shape index (κ3) is 3.89. The number of hydrogen-bond acceptors (Lipinski definition) is 4. The van der Waals surface area contributed by atoms with Crippen molar-refractivity contribution < 1.29 is 4.42 Å². The fourth-order valence-electron chi connectivity index (χ4n) is 5.35. The van der Waals surface area contributed by atoms with Crippen LogP contribution in [0.2, 0.25) is 0 Å². The lowest BCUT2D eigenvalue weighted by atomic mass is 10.0. The number of hydrogen-bond donors (Lipinski definition) is 0. The molecule has 188 valence electrons. The lowest BCUT2D eigenvalue weighted by Gasteiger charge is -2.09. The fourth-order valence-corrected chi connectivity index (χ4v) is 6.35. The maximum atomic E-state index is 6.38. The number of aromatic nitrogens is 2. The van der Waals surface area contributed by atoms with Crippen molar-refractivity contribution in [3.8, 4) is 44.3 Å². The molecule has 0 aliphatic rings. The number of furan rings is 1. The summed E-state index contributed by atoms with van der Waals surface area (Å²) in [5.41, 5.74) is 7.81. The van der Waals surface area contributed by atoms with Gasteiger partial charge in [0, 0.05) is 26.6 Å². The molecule has 3 heterocycles. The summed E-state index contributed by atoms with van der Waals surface area (Å²) in [5.74, 6) is 0.717. The van der Waals surface area contributed by atoms with Crippen molar-refractivity contribution in [3.05, 3.63) is 133 Å². The minimum Gasteiger partial charge on any atom is -0.455 e. The van der Waals surface area contributed by atoms with Crippen LogP contribution in [0, 0.1) is 0 Å². The summed E-state index contributed by atoms with van der Waals surface area (Å²) >= 11 is 1.72. The van der Waals surface area contributed by atoms with Crippen LogP contribution in [0.5, 0.6) is 0 Å². The fraction of sp³-hybridized carbons (Fsp3) is 0. The summed E-state index contributed by atoms with van der Waals surface area (Å²) in [6.45, 7) is 0. The Morgan fingerprint density at radius 1 is 0.525 bits per heavy atom. The Morgan fingerprint density at radius 3 is 2.10 bits per heavy atom. The predicted octanol–water partition coefficient (Wildman–Crippen LogP) is 10.3. The summed E-state index contributed by atoms with van der Waals surface area (Å²) in [7, 11) is 0. The summed E-state index contributed by atoms with van der Waals surface area (Å²) in [5, 5.41) is 3.39. The van der Waals surface area contributed by atoms with Gasteiger partial charge in [-0.3, -0.25) is 0 Å². The third-order valence-electron chi connectivity index (χ3n) is 7.34. The number of thiophene rings is 1. The second kappa shape index (κ2) is 9.30.